The Labute approximate surface area is 197 Å². The van der Waals surface area contributed by atoms with Gasteiger partial charge >= 0.3 is 5.91 Å². The molecule has 0 bridgehead atoms. The summed E-state index contributed by atoms with van der Waals surface area (Å²) in [7, 11) is 0. The largest absolute Gasteiger partial charge is 0.455 e. The van der Waals surface area contributed by atoms with Crippen molar-refractivity contribution >= 4 is 39.4 Å². The number of nitrogens with zero attached hydrogens (tertiary/aromatic N) is 2. The van der Waals surface area contributed by atoms with Crippen LogP contribution in [0.25, 0.3) is 0 Å². The zero-order chi connectivity index (χ0) is 23.4. The molecule has 0 saturated carbocycles. The van der Waals surface area contributed by atoms with E-state index in [0.29, 0.717) is 46.6 Å². The van der Waals surface area contributed by atoms with Crippen LogP contribution in [-0.2, 0) is 6.42 Å². The van der Waals surface area contributed by atoms with Gasteiger partial charge in [0.15, 0.2) is 5.76 Å². The summed E-state index contributed by atoms with van der Waals surface area (Å²) in [5.41, 5.74) is 10.1. The Morgan fingerprint density at radius 2 is 1.61 bits per heavy atom. The van der Waals surface area contributed by atoms with Gasteiger partial charge in [-0.1, -0.05) is 15.9 Å². The molecule has 10 heteroatoms. The SMILES string of the molecule is Cc1c(C(=O)NNC(=O)c2ccc(Br)cc2)oc2c1/C(=N/NC(=O)c1ccncc1)CCC2. The van der Waals surface area contributed by atoms with E-state index in [1.165, 1.54) is 12.4 Å². The number of pyridine rings is 1. The second kappa shape index (κ2) is 9.78. The highest BCUT2D eigenvalue weighted by Crippen LogP contribution is 2.29. The fourth-order valence-corrected chi connectivity index (χ4v) is 3.79. The van der Waals surface area contributed by atoms with Gasteiger partial charge in [0.2, 0.25) is 0 Å². The number of amides is 3. The normalized spacial score (nSPS) is 13.8. The zero-order valence-corrected chi connectivity index (χ0v) is 19.2. The summed E-state index contributed by atoms with van der Waals surface area (Å²) in [6, 6.07) is 9.91. The van der Waals surface area contributed by atoms with E-state index in [4.69, 9.17) is 4.42 Å². The third-order valence-corrected chi connectivity index (χ3v) is 5.69. The number of aryl methyl sites for hydroxylation is 1. The molecule has 1 aliphatic rings. The molecule has 0 radical (unpaired) electrons. The number of hydrazone groups is 1. The molecule has 0 saturated heterocycles. The first-order chi connectivity index (χ1) is 15.9. The second-order valence-electron chi connectivity index (χ2n) is 7.36. The molecule has 1 aliphatic carbocycles. The smallest absolute Gasteiger partial charge is 0.305 e. The van der Waals surface area contributed by atoms with Crippen molar-refractivity contribution in [1.82, 2.24) is 21.3 Å². The van der Waals surface area contributed by atoms with Crippen LogP contribution in [0.4, 0.5) is 0 Å². The number of benzene rings is 1. The van der Waals surface area contributed by atoms with E-state index in [-0.39, 0.29) is 11.7 Å². The Morgan fingerprint density at radius 1 is 0.939 bits per heavy atom. The van der Waals surface area contributed by atoms with Crippen LogP contribution >= 0.6 is 15.9 Å². The molecule has 4 rings (SSSR count). The van der Waals surface area contributed by atoms with E-state index in [2.05, 4.69) is 42.3 Å². The van der Waals surface area contributed by atoms with Gasteiger partial charge in [-0.05, 0) is 56.2 Å². The van der Waals surface area contributed by atoms with Crippen molar-refractivity contribution in [3.8, 4) is 0 Å². The number of carbonyl (C=O) groups excluding carboxylic acids is 3. The minimum absolute atomic E-state index is 0.0890. The highest BCUT2D eigenvalue weighted by Gasteiger charge is 2.28. The lowest BCUT2D eigenvalue weighted by Gasteiger charge is -2.13. The average Bonchev–Trinajstić information content (AvgIpc) is 3.19. The van der Waals surface area contributed by atoms with Gasteiger partial charge in [0.1, 0.15) is 5.76 Å². The predicted octanol–water partition coefficient (Wildman–Crippen LogP) is 3.29. The molecule has 9 nitrogen and oxygen atoms in total. The van der Waals surface area contributed by atoms with Gasteiger partial charge in [-0.3, -0.25) is 30.2 Å². The first kappa shape index (κ1) is 22.4. The second-order valence-corrected chi connectivity index (χ2v) is 8.27. The molecular weight excluding hydrogens is 490 g/mol. The van der Waals surface area contributed by atoms with Crippen LogP contribution in [0.5, 0.6) is 0 Å². The molecule has 168 valence electrons. The number of aromatic nitrogens is 1. The molecule has 2 aromatic heterocycles. The molecule has 0 fully saturated rings. The van der Waals surface area contributed by atoms with E-state index < -0.39 is 11.8 Å². The third-order valence-electron chi connectivity index (χ3n) is 5.16. The van der Waals surface area contributed by atoms with Crippen LogP contribution in [0, 0.1) is 6.92 Å². The summed E-state index contributed by atoms with van der Waals surface area (Å²) < 4.78 is 6.64. The van der Waals surface area contributed by atoms with E-state index in [0.717, 1.165) is 10.9 Å². The molecule has 0 spiro atoms. The van der Waals surface area contributed by atoms with Crippen LogP contribution in [0.2, 0.25) is 0 Å². The number of hydrazine groups is 1. The van der Waals surface area contributed by atoms with Crippen LogP contribution < -0.4 is 16.3 Å². The highest BCUT2D eigenvalue weighted by atomic mass is 79.9. The molecule has 0 unspecified atom stereocenters. The van der Waals surface area contributed by atoms with E-state index in [9.17, 15) is 14.4 Å². The van der Waals surface area contributed by atoms with Gasteiger partial charge < -0.3 is 4.42 Å². The first-order valence-electron chi connectivity index (χ1n) is 10.2. The van der Waals surface area contributed by atoms with Gasteiger partial charge in [-0.2, -0.15) is 5.10 Å². The lowest BCUT2D eigenvalue weighted by atomic mass is 9.93. The van der Waals surface area contributed by atoms with E-state index in [1.54, 1.807) is 43.3 Å². The zero-order valence-electron chi connectivity index (χ0n) is 17.6. The third kappa shape index (κ3) is 5.01. The maximum absolute atomic E-state index is 12.7. The van der Waals surface area contributed by atoms with Crippen molar-refractivity contribution in [3.05, 3.63) is 87.0 Å². The van der Waals surface area contributed by atoms with Crippen molar-refractivity contribution in [2.24, 2.45) is 5.10 Å². The van der Waals surface area contributed by atoms with Gasteiger partial charge in [-0.25, -0.2) is 5.43 Å². The number of halogens is 1. The Balaban J connectivity index is 1.47. The highest BCUT2D eigenvalue weighted by molar-refractivity contribution is 9.10. The maximum atomic E-state index is 12.7. The summed E-state index contributed by atoms with van der Waals surface area (Å²) in [5, 5.41) is 4.29. The van der Waals surface area contributed by atoms with Crippen LogP contribution in [0.3, 0.4) is 0 Å². The van der Waals surface area contributed by atoms with Crippen molar-refractivity contribution in [3.63, 3.8) is 0 Å². The summed E-state index contributed by atoms with van der Waals surface area (Å²) in [6.07, 6.45) is 5.10. The quantitative estimate of drug-likeness (QED) is 0.465. The molecule has 2 heterocycles. The Bertz CT molecular complexity index is 1240. The molecule has 1 aromatic carbocycles. The molecule has 0 aliphatic heterocycles. The van der Waals surface area contributed by atoms with Crippen molar-refractivity contribution in [2.75, 3.05) is 0 Å². The van der Waals surface area contributed by atoms with Gasteiger partial charge in [0, 0.05) is 45.5 Å². The number of fused-ring (bicyclic) bond motifs is 1. The minimum Gasteiger partial charge on any atom is -0.455 e. The first-order valence-corrected chi connectivity index (χ1v) is 11.0. The number of nitrogens with one attached hydrogen (secondary N) is 3. The number of hydrogen-bond acceptors (Lipinski definition) is 6. The van der Waals surface area contributed by atoms with Gasteiger partial charge in [0.25, 0.3) is 11.8 Å². The predicted molar refractivity (Wildman–Crippen MR) is 124 cm³/mol. The average molecular weight is 510 g/mol. The van der Waals surface area contributed by atoms with Gasteiger partial charge in [-0.15, -0.1) is 0 Å². The number of furan rings is 1. The standard InChI is InChI=1S/C23H20BrN5O4/c1-13-19-17(26-27-22(31)15-9-11-25-12-10-15)3-2-4-18(19)33-20(13)23(32)29-28-21(30)14-5-7-16(24)8-6-14/h5-12H,2-4H2,1H3,(H,27,31)(H,28,30)(H,29,32)/b26-17+. The van der Waals surface area contributed by atoms with Crippen LogP contribution in [-0.4, -0.2) is 28.4 Å². The molecular formula is C23H20BrN5O4. The maximum Gasteiger partial charge on any atom is 0.305 e. The molecule has 33 heavy (non-hydrogen) atoms. The number of hydrogen-bond donors (Lipinski definition) is 3. The monoisotopic (exact) mass is 509 g/mol. The topological polar surface area (TPSA) is 126 Å². The van der Waals surface area contributed by atoms with Crippen molar-refractivity contribution in [1.29, 1.82) is 0 Å². The van der Waals surface area contributed by atoms with E-state index in [1.807, 2.05) is 0 Å². The van der Waals surface area contributed by atoms with E-state index >= 15 is 0 Å². The molecule has 3 N–H and O–H groups in total. The van der Waals surface area contributed by atoms with Crippen molar-refractivity contribution in [2.45, 2.75) is 26.2 Å². The lowest BCUT2D eigenvalue weighted by Crippen LogP contribution is -2.41. The Kier molecular flexibility index (Phi) is 6.64. The Morgan fingerprint density at radius 3 is 2.33 bits per heavy atom. The fourth-order valence-electron chi connectivity index (χ4n) is 3.53. The van der Waals surface area contributed by atoms with Crippen LogP contribution in [0.15, 0.2) is 62.8 Å². The van der Waals surface area contributed by atoms with Crippen LogP contribution in [0.1, 0.15) is 61.0 Å². The summed E-state index contributed by atoms with van der Waals surface area (Å²) in [5.74, 6) is -0.670. The fraction of sp³-hybridized carbons (Fsp3) is 0.174. The Hall–Kier alpha value is -3.79. The summed E-state index contributed by atoms with van der Waals surface area (Å²) in [6.45, 7) is 1.75. The summed E-state index contributed by atoms with van der Waals surface area (Å²) in [4.78, 5) is 41.1. The molecule has 0 atom stereocenters. The number of rotatable bonds is 4. The van der Waals surface area contributed by atoms with Crippen molar-refractivity contribution < 1.29 is 18.8 Å². The van der Waals surface area contributed by atoms with Gasteiger partial charge in [0.05, 0.1) is 5.71 Å². The number of carbonyl (C=O) groups is 3. The lowest BCUT2D eigenvalue weighted by molar-refractivity contribution is 0.0829. The summed E-state index contributed by atoms with van der Waals surface area (Å²) >= 11 is 3.31. The molecule has 3 amide bonds. The minimum atomic E-state index is -0.576. The molecule has 3 aromatic rings.